The lowest BCUT2D eigenvalue weighted by atomic mass is 10.2. The van der Waals surface area contributed by atoms with Crippen LogP contribution < -0.4 is 0 Å². The van der Waals surface area contributed by atoms with E-state index in [1.807, 2.05) is 0 Å². The number of alkyl halides is 1. The number of nitrogens with zero attached hydrogens (tertiary/aromatic N) is 1. The average Bonchev–Trinajstić information content (AvgIpc) is 1.97. The summed E-state index contributed by atoms with van der Waals surface area (Å²) in [4.78, 5) is 2.46. The second kappa shape index (κ2) is 6.93. The fraction of sp³-hybridized carbons (Fsp3) is 1.00. The van der Waals surface area contributed by atoms with Gasteiger partial charge in [-0.05, 0) is 39.8 Å². The van der Waals surface area contributed by atoms with Crippen LogP contribution in [0.25, 0.3) is 0 Å². The molecule has 0 N–H and O–H groups in total. The molecule has 0 spiro atoms. The summed E-state index contributed by atoms with van der Waals surface area (Å²) in [6.07, 6.45) is 2.38. The second-order valence-electron chi connectivity index (χ2n) is 3.12. The summed E-state index contributed by atoms with van der Waals surface area (Å²) < 4.78 is 0. The minimum atomic E-state index is 0.676. The lowest BCUT2D eigenvalue weighted by Crippen LogP contribution is -2.31. The van der Waals surface area contributed by atoms with Gasteiger partial charge in [0.25, 0.3) is 0 Å². The predicted octanol–water partition coefficient (Wildman–Crippen LogP) is 2.74. The standard InChI is InChI=1S/C9H20ClN/c1-4-11(9(2)3)8-6-5-7-10/h9H,4-8H2,1-3H3. The Morgan fingerprint density at radius 1 is 1.27 bits per heavy atom. The molecule has 0 rings (SSSR count). The molecule has 0 fully saturated rings. The van der Waals surface area contributed by atoms with Gasteiger partial charge in [0.05, 0.1) is 0 Å². The second-order valence-corrected chi connectivity index (χ2v) is 3.50. The third kappa shape index (κ3) is 5.51. The van der Waals surface area contributed by atoms with Crippen molar-refractivity contribution in [3.05, 3.63) is 0 Å². The van der Waals surface area contributed by atoms with Gasteiger partial charge in [0.15, 0.2) is 0 Å². The van der Waals surface area contributed by atoms with E-state index in [1.54, 1.807) is 0 Å². The van der Waals surface area contributed by atoms with E-state index in [0.717, 1.165) is 18.8 Å². The molecule has 0 atom stereocenters. The fourth-order valence-corrected chi connectivity index (χ4v) is 1.38. The monoisotopic (exact) mass is 177 g/mol. The molecule has 0 aromatic heterocycles. The van der Waals surface area contributed by atoms with Crippen LogP contribution in [0, 0.1) is 0 Å². The molecule has 0 saturated carbocycles. The predicted molar refractivity (Wildman–Crippen MR) is 52.3 cm³/mol. The van der Waals surface area contributed by atoms with Crippen LogP contribution in [0.4, 0.5) is 0 Å². The molecule has 0 aromatic rings. The Balaban J connectivity index is 3.36. The van der Waals surface area contributed by atoms with Gasteiger partial charge in [-0.25, -0.2) is 0 Å². The zero-order chi connectivity index (χ0) is 8.69. The van der Waals surface area contributed by atoms with Gasteiger partial charge in [0, 0.05) is 11.9 Å². The van der Waals surface area contributed by atoms with Crippen molar-refractivity contribution in [2.75, 3.05) is 19.0 Å². The lowest BCUT2D eigenvalue weighted by Gasteiger charge is -2.24. The number of halogens is 1. The Bertz CT molecular complexity index is 83.6. The summed E-state index contributed by atoms with van der Waals surface area (Å²) in [6, 6.07) is 0.676. The molecular weight excluding hydrogens is 158 g/mol. The van der Waals surface area contributed by atoms with Crippen molar-refractivity contribution in [2.24, 2.45) is 0 Å². The highest BCUT2D eigenvalue weighted by atomic mass is 35.5. The number of hydrogen-bond donors (Lipinski definition) is 0. The molecule has 11 heavy (non-hydrogen) atoms. The molecule has 1 nitrogen and oxygen atoms in total. The maximum Gasteiger partial charge on any atom is 0.0223 e. The summed E-state index contributed by atoms with van der Waals surface area (Å²) in [5.41, 5.74) is 0. The zero-order valence-electron chi connectivity index (χ0n) is 7.94. The van der Waals surface area contributed by atoms with Crippen molar-refractivity contribution in [1.82, 2.24) is 4.90 Å². The molecule has 0 bridgehead atoms. The van der Waals surface area contributed by atoms with E-state index in [1.165, 1.54) is 13.0 Å². The summed E-state index contributed by atoms with van der Waals surface area (Å²) in [5, 5.41) is 0. The van der Waals surface area contributed by atoms with Gasteiger partial charge in [-0.3, -0.25) is 0 Å². The van der Waals surface area contributed by atoms with E-state index >= 15 is 0 Å². The maximum absolute atomic E-state index is 5.59. The first-order valence-corrected chi connectivity index (χ1v) is 5.05. The van der Waals surface area contributed by atoms with Gasteiger partial charge >= 0.3 is 0 Å². The zero-order valence-corrected chi connectivity index (χ0v) is 8.69. The Morgan fingerprint density at radius 3 is 2.27 bits per heavy atom. The molecule has 2 heteroatoms. The minimum absolute atomic E-state index is 0.676. The number of rotatable bonds is 6. The molecule has 0 aromatic carbocycles. The number of hydrogen-bond acceptors (Lipinski definition) is 1. The van der Waals surface area contributed by atoms with Gasteiger partial charge in [-0.1, -0.05) is 6.92 Å². The third-order valence-electron chi connectivity index (χ3n) is 1.97. The van der Waals surface area contributed by atoms with Crippen molar-refractivity contribution in [3.63, 3.8) is 0 Å². The summed E-state index contributed by atoms with van der Waals surface area (Å²) >= 11 is 5.59. The van der Waals surface area contributed by atoms with Crippen LogP contribution in [0.5, 0.6) is 0 Å². The Kier molecular flexibility index (Phi) is 7.09. The molecular formula is C9H20ClN. The molecule has 0 aliphatic rings. The van der Waals surface area contributed by atoms with E-state index in [4.69, 9.17) is 11.6 Å². The van der Waals surface area contributed by atoms with Crippen molar-refractivity contribution in [2.45, 2.75) is 39.7 Å². The average molecular weight is 178 g/mol. The van der Waals surface area contributed by atoms with E-state index in [9.17, 15) is 0 Å². The Hall–Kier alpha value is 0.250. The molecule has 0 amide bonds. The van der Waals surface area contributed by atoms with Crippen LogP contribution in [0.1, 0.15) is 33.6 Å². The molecule has 0 saturated heterocycles. The minimum Gasteiger partial charge on any atom is -0.301 e. The summed E-state index contributed by atoms with van der Waals surface area (Å²) in [7, 11) is 0. The van der Waals surface area contributed by atoms with Gasteiger partial charge in [-0.2, -0.15) is 0 Å². The van der Waals surface area contributed by atoms with Crippen LogP contribution in [-0.4, -0.2) is 29.9 Å². The van der Waals surface area contributed by atoms with Crippen LogP contribution in [-0.2, 0) is 0 Å². The summed E-state index contributed by atoms with van der Waals surface area (Å²) in [6.45, 7) is 9.04. The number of unbranched alkanes of at least 4 members (excludes halogenated alkanes) is 1. The SMILES string of the molecule is CCN(CCCCCl)C(C)C. The van der Waals surface area contributed by atoms with Gasteiger partial charge in [0.2, 0.25) is 0 Å². The first kappa shape index (κ1) is 11.2. The molecule has 68 valence electrons. The first-order valence-electron chi connectivity index (χ1n) is 4.52. The van der Waals surface area contributed by atoms with Gasteiger partial charge in [0.1, 0.15) is 0 Å². The largest absolute Gasteiger partial charge is 0.301 e. The van der Waals surface area contributed by atoms with Gasteiger partial charge < -0.3 is 4.90 Å². The van der Waals surface area contributed by atoms with Crippen LogP contribution in [0.2, 0.25) is 0 Å². The van der Waals surface area contributed by atoms with Crippen molar-refractivity contribution in [3.8, 4) is 0 Å². The normalized spacial score (nSPS) is 11.5. The summed E-state index contributed by atoms with van der Waals surface area (Å²) in [5.74, 6) is 0.801. The topological polar surface area (TPSA) is 3.24 Å². The Labute approximate surface area is 75.7 Å². The van der Waals surface area contributed by atoms with Crippen LogP contribution >= 0.6 is 11.6 Å². The lowest BCUT2D eigenvalue weighted by molar-refractivity contribution is 0.230. The van der Waals surface area contributed by atoms with Gasteiger partial charge in [-0.15, -0.1) is 11.6 Å². The first-order chi connectivity index (χ1) is 5.22. The fourth-order valence-electron chi connectivity index (χ4n) is 1.19. The third-order valence-corrected chi connectivity index (χ3v) is 2.23. The van der Waals surface area contributed by atoms with Crippen molar-refractivity contribution in [1.29, 1.82) is 0 Å². The van der Waals surface area contributed by atoms with Crippen LogP contribution in [0.15, 0.2) is 0 Å². The van der Waals surface area contributed by atoms with Crippen molar-refractivity contribution < 1.29 is 0 Å². The molecule has 0 unspecified atom stereocenters. The Morgan fingerprint density at radius 2 is 1.91 bits per heavy atom. The molecule has 0 aliphatic carbocycles. The maximum atomic E-state index is 5.59. The van der Waals surface area contributed by atoms with E-state index in [0.29, 0.717) is 6.04 Å². The molecule has 0 heterocycles. The van der Waals surface area contributed by atoms with E-state index in [2.05, 4.69) is 25.7 Å². The smallest absolute Gasteiger partial charge is 0.0223 e. The van der Waals surface area contributed by atoms with E-state index < -0.39 is 0 Å². The van der Waals surface area contributed by atoms with Crippen LogP contribution in [0.3, 0.4) is 0 Å². The molecule has 0 radical (unpaired) electrons. The van der Waals surface area contributed by atoms with E-state index in [-0.39, 0.29) is 0 Å². The highest BCUT2D eigenvalue weighted by Gasteiger charge is 2.04. The van der Waals surface area contributed by atoms with Crippen molar-refractivity contribution >= 4 is 11.6 Å². The molecule has 0 aliphatic heterocycles. The highest BCUT2D eigenvalue weighted by Crippen LogP contribution is 2.01. The quantitative estimate of drug-likeness (QED) is 0.446. The highest BCUT2D eigenvalue weighted by molar-refractivity contribution is 6.17.